The first-order chi connectivity index (χ1) is 7.43. The van der Waals surface area contributed by atoms with Crippen LogP contribution in [0.15, 0.2) is 29.6 Å². The molecular formula is C12H14N2S. The molecule has 0 aliphatic carbocycles. The van der Waals surface area contributed by atoms with Gasteiger partial charge < -0.3 is 9.88 Å². The molecule has 0 spiro atoms. The van der Waals surface area contributed by atoms with Crippen LogP contribution in [0.25, 0.3) is 0 Å². The lowest BCUT2D eigenvalue weighted by Gasteiger charge is -2.18. The van der Waals surface area contributed by atoms with E-state index in [0.717, 1.165) is 26.1 Å². The van der Waals surface area contributed by atoms with Gasteiger partial charge in [0.25, 0.3) is 0 Å². The fourth-order valence-corrected chi connectivity index (χ4v) is 2.87. The highest BCUT2D eigenvalue weighted by Gasteiger charge is 2.11. The van der Waals surface area contributed by atoms with Crippen molar-refractivity contribution in [3.8, 4) is 0 Å². The first-order valence-electron chi connectivity index (χ1n) is 5.34. The van der Waals surface area contributed by atoms with Crippen molar-refractivity contribution >= 4 is 11.3 Å². The van der Waals surface area contributed by atoms with E-state index < -0.39 is 0 Å². The molecule has 1 aliphatic rings. The second kappa shape index (κ2) is 3.83. The van der Waals surface area contributed by atoms with Crippen LogP contribution in [0.5, 0.6) is 0 Å². The lowest BCUT2D eigenvalue weighted by Crippen LogP contribution is -2.28. The summed E-state index contributed by atoms with van der Waals surface area (Å²) < 4.78 is 2.45. The number of hydrogen-bond donors (Lipinski definition) is 1. The molecule has 78 valence electrons. The fourth-order valence-electron chi connectivity index (χ4n) is 2.15. The van der Waals surface area contributed by atoms with Gasteiger partial charge in [-0.2, -0.15) is 0 Å². The highest BCUT2D eigenvalue weighted by Crippen LogP contribution is 2.18. The average Bonchev–Trinajstić information content (AvgIpc) is 2.89. The third kappa shape index (κ3) is 1.73. The smallest absolute Gasteiger partial charge is 0.0360 e. The molecule has 15 heavy (non-hydrogen) atoms. The SMILES string of the molecule is c1csc(Cc2ccc3n2CCNC3)c1. The maximum Gasteiger partial charge on any atom is 0.0360 e. The zero-order chi connectivity index (χ0) is 10.1. The normalized spacial score (nSPS) is 15.2. The molecule has 1 N–H and O–H groups in total. The standard InChI is InChI=1S/C12H14N2S/c1-2-12(15-7-1)8-10-3-4-11-9-13-5-6-14(10)11/h1-4,7,13H,5-6,8-9H2. The van der Waals surface area contributed by atoms with Crippen LogP contribution in [0.1, 0.15) is 16.3 Å². The van der Waals surface area contributed by atoms with Gasteiger partial charge in [-0.05, 0) is 23.6 Å². The van der Waals surface area contributed by atoms with Gasteiger partial charge in [0.05, 0.1) is 0 Å². The van der Waals surface area contributed by atoms with E-state index in [-0.39, 0.29) is 0 Å². The summed E-state index contributed by atoms with van der Waals surface area (Å²) in [6.07, 6.45) is 1.08. The Morgan fingerprint density at radius 1 is 1.33 bits per heavy atom. The van der Waals surface area contributed by atoms with Crippen LogP contribution in [0, 0.1) is 0 Å². The number of nitrogens with zero attached hydrogens (tertiary/aromatic N) is 1. The summed E-state index contributed by atoms with van der Waals surface area (Å²) in [6, 6.07) is 8.85. The number of hydrogen-bond acceptors (Lipinski definition) is 2. The lowest BCUT2D eigenvalue weighted by molar-refractivity contribution is 0.506. The Bertz CT molecular complexity index is 442. The summed E-state index contributed by atoms with van der Waals surface area (Å²) in [4.78, 5) is 1.45. The molecule has 3 heteroatoms. The van der Waals surface area contributed by atoms with Gasteiger partial charge in [0.1, 0.15) is 0 Å². The van der Waals surface area contributed by atoms with Gasteiger partial charge in [0.2, 0.25) is 0 Å². The highest BCUT2D eigenvalue weighted by molar-refractivity contribution is 7.09. The monoisotopic (exact) mass is 218 g/mol. The van der Waals surface area contributed by atoms with Crippen molar-refractivity contribution in [1.29, 1.82) is 0 Å². The second-order valence-electron chi connectivity index (χ2n) is 3.90. The van der Waals surface area contributed by atoms with E-state index in [1.54, 1.807) is 0 Å². The number of thiophene rings is 1. The molecule has 3 rings (SSSR count). The van der Waals surface area contributed by atoms with Gasteiger partial charge in [-0.25, -0.2) is 0 Å². The van der Waals surface area contributed by atoms with Crippen molar-refractivity contribution in [3.05, 3.63) is 45.9 Å². The first-order valence-corrected chi connectivity index (χ1v) is 6.22. The molecule has 0 unspecified atom stereocenters. The first kappa shape index (κ1) is 9.19. The highest BCUT2D eigenvalue weighted by atomic mass is 32.1. The van der Waals surface area contributed by atoms with E-state index >= 15 is 0 Å². The molecule has 0 saturated heterocycles. The molecule has 0 atom stereocenters. The Hall–Kier alpha value is -1.06. The largest absolute Gasteiger partial charge is 0.346 e. The maximum absolute atomic E-state index is 3.39. The summed E-state index contributed by atoms with van der Waals surface area (Å²) in [5.41, 5.74) is 2.88. The molecule has 0 fully saturated rings. The Balaban J connectivity index is 1.89. The van der Waals surface area contributed by atoms with Crippen LogP contribution in [0.4, 0.5) is 0 Å². The molecule has 2 aromatic heterocycles. The summed E-state index contributed by atoms with van der Waals surface area (Å²) >= 11 is 1.84. The molecule has 0 saturated carbocycles. The third-order valence-electron chi connectivity index (χ3n) is 2.92. The van der Waals surface area contributed by atoms with Crippen molar-refractivity contribution in [2.24, 2.45) is 0 Å². The van der Waals surface area contributed by atoms with Gasteiger partial charge >= 0.3 is 0 Å². The van der Waals surface area contributed by atoms with E-state index in [0.29, 0.717) is 0 Å². The topological polar surface area (TPSA) is 17.0 Å². The minimum absolute atomic E-state index is 1.02. The van der Waals surface area contributed by atoms with Gasteiger partial charge in [0.15, 0.2) is 0 Å². The predicted molar refractivity (Wildman–Crippen MR) is 63.3 cm³/mol. The van der Waals surface area contributed by atoms with Gasteiger partial charge in [-0.15, -0.1) is 11.3 Å². The Morgan fingerprint density at radius 3 is 3.20 bits per heavy atom. The Kier molecular flexibility index (Phi) is 2.35. The molecule has 0 aromatic carbocycles. The number of nitrogens with one attached hydrogen (secondary N) is 1. The maximum atomic E-state index is 3.39. The second-order valence-corrected chi connectivity index (χ2v) is 4.93. The average molecular weight is 218 g/mol. The van der Waals surface area contributed by atoms with Crippen LogP contribution in [-0.2, 0) is 19.5 Å². The van der Waals surface area contributed by atoms with Crippen LogP contribution in [-0.4, -0.2) is 11.1 Å². The Morgan fingerprint density at radius 2 is 2.33 bits per heavy atom. The van der Waals surface area contributed by atoms with E-state index in [9.17, 15) is 0 Å². The van der Waals surface area contributed by atoms with Crippen LogP contribution in [0.3, 0.4) is 0 Å². The fraction of sp³-hybridized carbons (Fsp3) is 0.333. The summed E-state index contributed by atoms with van der Waals surface area (Å²) in [7, 11) is 0. The van der Waals surface area contributed by atoms with Gasteiger partial charge in [-0.3, -0.25) is 0 Å². The molecule has 0 bridgehead atoms. The van der Waals surface area contributed by atoms with E-state index in [1.165, 1.54) is 16.3 Å². The summed E-state index contributed by atoms with van der Waals surface area (Å²) in [5, 5.41) is 5.54. The van der Waals surface area contributed by atoms with Crippen molar-refractivity contribution in [2.45, 2.75) is 19.5 Å². The van der Waals surface area contributed by atoms with E-state index in [1.807, 2.05) is 11.3 Å². The number of fused-ring (bicyclic) bond motifs is 1. The molecule has 2 nitrogen and oxygen atoms in total. The summed E-state index contributed by atoms with van der Waals surface area (Å²) in [6.45, 7) is 3.23. The Labute approximate surface area is 93.6 Å². The van der Waals surface area contributed by atoms with Crippen LogP contribution in [0.2, 0.25) is 0 Å². The van der Waals surface area contributed by atoms with Crippen LogP contribution < -0.4 is 5.32 Å². The zero-order valence-electron chi connectivity index (χ0n) is 8.57. The van der Waals surface area contributed by atoms with Crippen molar-refractivity contribution in [1.82, 2.24) is 9.88 Å². The minimum Gasteiger partial charge on any atom is -0.346 e. The van der Waals surface area contributed by atoms with Gasteiger partial charge in [-0.1, -0.05) is 6.07 Å². The lowest BCUT2D eigenvalue weighted by atomic mass is 10.2. The van der Waals surface area contributed by atoms with Crippen LogP contribution >= 0.6 is 11.3 Å². The van der Waals surface area contributed by atoms with Crippen molar-refractivity contribution < 1.29 is 0 Å². The molecule has 1 aliphatic heterocycles. The predicted octanol–water partition coefficient (Wildman–Crippen LogP) is 2.24. The minimum atomic E-state index is 1.02. The number of aromatic nitrogens is 1. The number of rotatable bonds is 2. The van der Waals surface area contributed by atoms with Crippen molar-refractivity contribution in [3.63, 3.8) is 0 Å². The van der Waals surface area contributed by atoms with E-state index in [4.69, 9.17) is 0 Å². The zero-order valence-corrected chi connectivity index (χ0v) is 9.39. The molecule has 2 aromatic rings. The molecule has 0 radical (unpaired) electrons. The molecule has 0 amide bonds. The van der Waals surface area contributed by atoms with Gasteiger partial charge in [0, 0.05) is 42.3 Å². The quantitative estimate of drug-likeness (QED) is 0.818. The van der Waals surface area contributed by atoms with E-state index in [2.05, 4.69) is 39.5 Å². The third-order valence-corrected chi connectivity index (χ3v) is 3.79. The molecular weight excluding hydrogens is 204 g/mol. The molecule has 3 heterocycles. The summed E-state index contributed by atoms with van der Waals surface area (Å²) in [5.74, 6) is 0. The van der Waals surface area contributed by atoms with Crippen molar-refractivity contribution in [2.75, 3.05) is 6.54 Å².